The Morgan fingerprint density at radius 3 is 3.06 bits per heavy atom. The minimum Gasteiger partial charge on any atom is -0.382 e. The Morgan fingerprint density at radius 2 is 2.24 bits per heavy atom. The number of rotatable bonds is 1. The minimum atomic E-state index is 0.0121. The van der Waals surface area contributed by atoms with Crippen LogP contribution in [0.15, 0.2) is 12.7 Å². The standard InChI is InChI=1S/C11H15N5O/c1-7-3-2-4-8(17-7)16-6-15-9-10(12)13-5-14-11(9)16/h5-8H,2-4H2,1H3,(H2,12,13,14). The van der Waals surface area contributed by atoms with Crippen LogP contribution < -0.4 is 5.73 Å². The maximum atomic E-state index is 5.90. The van der Waals surface area contributed by atoms with Crippen molar-refractivity contribution in [2.24, 2.45) is 0 Å². The quantitative estimate of drug-likeness (QED) is 0.807. The monoisotopic (exact) mass is 233 g/mol. The summed E-state index contributed by atoms with van der Waals surface area (Å²) in [7, 11) is 0. The molecule has 17 heavy (non-hydrogen) atoms. The lowest BCUT2D eigenvalue weighted by molar-refractivity contribution is -0.0788. The van der Waals surface area contributed by atoms with Crippen LogP contribution in [0.1, 0.15) is 32.4 Å². The molecule has 1 fully saturated rings. The number of hydrogen-bond acceptors (Lipinski definition) is 5. The number of nitrogens with zero attached hydrogens (tertiary/aromatic N) is 4. The zero-order valence-corrected chi connectivity index (χ0v) is 9.71. The molecule has 0 amide bonds. The molecule has 3 heterocycles. The second kappa shape index (κ2) is 3.96. The maximum absolute atomic E-state index is 5.90. The highest BCUT2D eigenvalue weighted by atomic mass is 16.5. The van der Waals surface area contributed by atoms with Gasteiger partial charge in [0.1, 0.15) is 18.1 Å². The molecular weight excluding hydrogens is 218 g/mol. The molecule has 2 N–H and O–H groups in total. The number of ether oxygens (including phenoxy) is 1. The zero-order chi connectivity index (χ0) is 11.8. The molecule has 1 saturated heterocycles. The van der Waals surface area contributed by atoms with E-state index in [0.717, 1.165) is 24.9 Å². The Labute approximate surface area is 98.8 Å². The van der Waals surface area contributed by atoms with E-state index in [2.05, 4.69) is 21.9 Å². The Hall–Kier alpha value is -1.69. The first-order valence-electron chi connectivity index (χ1n) is 5.84. The number of aromatic nitrogens is 4. The van der Waals surface area contributed by atoms with E-state index in [0.29, 0.717) is 11.3 Å². The zero-order valence-electron chi connectivity index (χ0n) is 9.71. The Morgan fingerprint density at radius 1 is 1.35 bits per heavy atom. The summed E-state index contributed by atoms with van der Waals surface area (Å²) in [6, 6.07) is 0. The summed E-state index contributed by atoms with van der Waals surface area (Å²) in [5, 5.41) is 0. The van der Waals surface area contributed by atoms with Gasteiger partial charge < -0.3 is 10.5 Å². The van der Waals surface area contributed by atoms with Crippen molar-refractivity contribution in [1.82, 2.24) is 19.5 Å². The molecular formula is C11H15N5O. The predicted molar refractivity (Wildman–Crippen MR) is 63.2 cm³/mol. The molecule has 0 bridgehead atoms. The highest BCUT2D eigenvalue weighted by Crippen LogP contribution is 2.29. The van der Waals surface area contributed by atoms with Gasteiger partial charge in [-0.05, 0) is 26.2 Å². The number of nitrogen functional groups attached to an aromatic ring is 1. The van der Waals surface area contributed by atoms with Crippen LogP contribution in [-0.4, -0.2) is 25.6 Å². The topological polar surface area (TPSA) is 78.9 Å². The summed E-state index contributed by atoms with van der Waals surface area (Å²) in [6.07, 6.45) is 6.75. The van der Waals surface area contributed by atoms with Crippen molar-refractivity contribution in [3.05, 3.63) is 12.7 Å². The highest BCUT2D eigenvalue weighted by molar-refractivity contribution is 5.81. The molecule has 6 nitrogen and oxygen atoms in total. The van der Waals surface area contributed by atoms with Crippen LogP contribution >= 0.6 is 0 Å². The summed E-state index contributed by atoms with van der Waals surface area (Å²) in [5.74, 6) is 0.414. The van der Waals surface area contributed by atoms with E-state index in [9.17, 15) is 0 Å². The van der Waals surface area contributed by atoms with Gasteiger partial charge in [0.2, 0.25) is 0 Å². The first-order chi connectivity index (χ1) is 8.25. The van der Waals surface area contributed by atoms with Crippen molar-refractivity contribution in [3.8, 4) is 0 Å². The molecule has 1 aliphatic rings. The molecule has 0 aromatic carbocycles. The summed E-state index contributed by atoms with van der Waals surface area (Å²) in [4.78, 5) is 12.4. The van der Waals surface area contributed by atoms with Crippen LogP contribution in [0.25, 0.3) is 11.2 Å². The third kappa shape index (κ3) is 1.74. The number of fused-ring (bicyclic) bond motifs is 1. The van der Waals surface area contributed by atoms with E-state index >= 15 is 0 Å². The second-order valence-electron chi connectivity index (χ2n) is 4.42. The van der Waals surface area contributed by atoms with Gasteiger partial charge in [0.15, 0.2) is 11.5 Å². The lowest BCUT2D eigenvalue weighted by atomic mass is 10.1. The van der Waals surface area contributed by atoms with Crippen molar-refractivity contribution < 1.29 is 4.74 Å². The predicted octanol–water partition coefficient (Wildman–Crippen LogP) is 1.50. The van der Waals surface area contributed by atoms with Crippen LogP contribution in [0.4, 0.5) is 5.82 Å². The van der Waals surface area contributed by atoms with Gasteiger partial charge in [-0.2, -0.15) is 0 Å². The number of anilines is 1. The van der Waals surface area contributed by atoms with E-state index in [-0.39, 0.29) is 12.3 Å². The molecule has 0 saturated carbocycles. The van der Waals surface area contributed by atoms with E-state index in [1.54, 1.807) is 6.33 Å². The van der Waals surface area contributed by atoms with Gasteiger partial charge >= 0.3 is 0 Å². The summed E-state index contributed by atoms with van der Waals surface area (Å²) >= 11 is 0. The van der Waals surface area contributed by atoms with E-state index in [4.69, 9.17) is 10.5 Å². The van der Waals surface area contributed by atoms with Gasteiger partial charge in [0.05, 0.1) is 12.4 Å². The maximum Gasteiger partial charge on any atom is 0.167 e. The van der Waals surface area contributed by atoms with Gasteiger partial charge in [-0.1, -0.05) is 0 Å². The number of hydrogen-bond donors (Lipinski definition) is 1. The number of imidazole rings is 1. The SMILES string of the molecule is CC1CCCC(n2cnc3c(N)ncnc32)O1. The van der Waals surface area contributed by atoms with Crippen LogP contribution in [-0.2, 0) is 4.74 Å². The molecule has 2 atom stereocenters. The van der Waals surface area contributed by atoms with Crippen molar-refractivity contribution in [2.75, 3.05) is 5.73 Å². The van der Waals surface area contributed by atoms with Gasteiger partial charge in [0, 0.05) is 0 Å². The minimum absolute atomic E-state index is 0.0121. The molecule has 3 rings (SSSR count). The van der Waals surface area contributed by atoms with Crippen LogP contribution in [0.3, 0.4) is 0 Å². The van der Waals surface area contributed by atoms with Gasteiger partial charge in [-0.25, -0.2) is 15.0 Å². The Kier molecular flexibility index (Phi) is 2.44. The third-order valence-electron chi connectivity index (χ3n) is 3.15. The largest absolute Gasteiger partial charge is 0.382 e. The van der Waals surface area contributed by atoms with Crippen molar-refractivity contribution in [3.63, 3.8) is 0 Å². The summed E-state index contributed by atoms with van der Waals surface area (Å²) in [5.41, 5.74) is 7.15. The van der Waals surface area contributed by atoms with Crippen LogP contribution in [0.5, 0.6) is 0 Å². The summed E-state index contributed by atoms with van der Waals surface area (Å²) < 4.78 is 7.85. The fourth-order valence-electron chi connectivity index (χ4n) is 2.27. The average molecular weight is 233 g/mol. The normalized spacial score (nSPS) is 25.2. The smallest absolute Gasteiger partial charge is 0.167 e. The Balaban J connectivity index is 2.02. The summed E-state index contributed by atoms with van der Waals surface area (Å²) in [6.45, 7) is 2.09. The fraction of sp³-hybridized carbons (Fsp3) is 0.545. The first-order valence-corrected chi connectivity index (χ1v) is 5.84. The lowest BCUT2D eigenvalue weighted by Gasteiger charge is -2.28. The van der Waals surface area contributed by atoms with Gasteiger partial charge in [-0.15, -0.1) is 0 Å². The fourth-order valence-corrected chi connectivity index (χ4v) is 2.27. The van der Waals surface area contributed by atoms with E-state index in [1.807, 2.05) is 4.57 Å². The van der Waals surface area contributed by atoms with Crippen LogP contribution in [0.2, 0.25) is 0 Å². The van der Waals surface area contributed by atoms with Gasteiger partial charge in [-0.3, -0.25) is 4.57 Å². The van der Waals surface area contributed by atoms with Crippen molar-refractivity contribution in [2.45, 2.75) is 38.5 Å². The lowest BCUT2D eigenvalue weighted by Crippen LogP contribution is -2.23. The molecule has 2 unspecified atom stereocenters. The molecule has 0 radical (unpaired) electrons. The average Bonchev–Trinajstić information content (AvgIpc) is 2.74. The van der Waals surface area contributed by atoms with Crippen molar-refractivity contribution in [1.29, 1.82) is 0 Å². The Bertz CT molecular complexity index is 538. The second-order valence-corrected chi connectivity index (χ2v) is 4.42. The molecule has 0 spiro atoms. The van der Waals surface area contributed by atoms with E-state index < -0.39 is 0 Å². The molecule has 1 aliphatic heterocycles. The van der Waals surface area contributed by atoms with Crippen molar-refractivity contribution >= 4 is 17.0 Å². The highest BCUT2D eigenvalue weighted by Gasteiger charge is 2.22. The van der Waals surface area contributed by atoms with Crippen LogP contribution in [0, 0.1) is 0 Å². The molecule has 2 aromatic heterocycles. The number of nitrogens with two attached hydrogens (primary N) is 1. The van der Waals surface area contributed by atoms with Gasteiger partial charge in [0.25, 0.3) is 0 Å². The molecule has 2 aromatic rings. The van der Waals surface area contributed by atoms with E-state index in [1.165, 1.54) is 6.33 Å². The molecule has 6 heteroatoms. The molecule has 90 valence electrons. The third-order valence-corrected chi connectivity index (χ3v) is 3.15. The molecule has 0 aliphatic carbocycles. The first kappa shape index (κ1) is 10.5.